The van der Waals surface area contributed by atoms with Crippen LogP contribution in [-0.4, -0.2) is 19.9 Å². The van der Waals surface area contributed by atoms with E-state index in [-0.39, 0.29) is 19.5 Å². The molecule has 0 fully saturated rings. The van der Waals surface area contributed by atoms with E-state index < -0.39 is 0 Å². The maximum atomic E-state index is 3.84. The molecular weight excluding hydrogens is 650 g/mol. The molecular formula is C44H32N4Zn+2. The number of aromatic amines is 4. The number of hydrogen-bond acceptors (Lipinski definition) is 0. The topological polar surface area (TPSA) is 63.2 Å². The maximum Gasteiger partial charge on any atom is 2.00 e. The standard InChI is InChI=1S/C44H32N4.Zn/c1-5-13-29(14-6-1)41-33-21-23-35(45-33)42(30-15-7-2-8-16-30)37-25-27-39(47-37)44(32-19-11-4-12-20-32)40-28-26-38(48-40)43(31-17-9-3-10-18-31)36-24-22-34(41)46-36;/h1-28,45-48H;/q;+2. The van der Waals surface area contributed by atoms with E-state index in [1.54, 1.807) is 0 Å². The average molecular weight is 682 g/mol. The minimum Gasteiger partial charge on any atom is -0.354 e. The van der Waals surface area contributed by atoms with Crippen LogP contribution in [0.5, 0.6) is 0 Å². The van der Waals surface area contributed by atoms with Gasteiger partial charge < -0.3 is 19.9 Å². The molecule has 49 heavy (non-hydrogen) atoms. The Morgan fingerprint density at radius 3 is 0.673 bits per heavy atom. The fourth-order valence-electron chi connectivity index (χ4n) is 6.99. The van der Waals surface area contributed by atoms with Crippen molar-refractivity contribution >= 4 is 22.3 Å². The second-order valence-corrected chi connectivity index (χ2v) is 12.1. The van der Waals surface area contributed by atoms with Crippen molar-refractivity contribution in [3.63, 3.8) is 0 Å². The molecule has 0 saturated carbocycles. The maximum absolute atomic E-state index is 3.84. The number of benzene rings is 4. The van der Waals surface area contributed by atoms with Crippen LogP contribution in [0.4, 0.5) is 0 Å². The van der Waals surface area contributed by atoms with Crippen LogP contribution in [0.1, 0.15) is 45.0 Å². The first-order valence-electron chi connectivity index (χ1n) is 16.3. The van der Waals surface area contributed by atoms with Gasteiger partial charge in [0.15, 0.2) is 0 Å². The van der Waals surface area contributed by atoms with E-state index in [4.69, 9.17) is 0 Å². The van der Waals surface area contributed by atoms with Crippen LogP contribution in [-0.2, 0) is 19.5 Å². The van der Waals surface area contributed by atoms with E-state index in [1.807, 2.05) is 0 Å². The van der Waals surface area contributed by atoms with Crippen molar-refractivity contribution in [3.05, 3.63) is 236 Å². The van der Waals surface area contributed by atoms with E-state index in [9.17, 15) is 0 Å². The molecule has 4 nitrogen and oxygen atoms in total. The number of rotatable bonds is 4. The molecule has 4 aromatic carbocycles. The Labute approximate surface area is 296 Å². The van der Waals surface area contributed by atoms with Crippen LogP contribution in [0.15, 0.2) is 170 Å². The molecule has 0 unspecified atom stereocenters. The van der Waals surface area contributed by atoms with Gasteiger partial charge in [0.25, 0.3) is 0 Å². The van der Waals surface area contributed by atoms with Gasteiger partial charge in [0, 0.05) is 66.5 Å². The molecule has 9 rings (SSSR count). The number of hydrogen-bond donors (Lipinski definition) is 4. The molecule has 1 aliphatic rings. The summed E-state index contributed by atoms with van der Waals surface area (Å²) in [7, 11) is 0. The van der Waals surface area contributed by atoms with Gasteiger partial charge in [-0.25, -0.2) is 0 Å². The third-order valence-corrected chi connectivity index (χ3v) is 9.15. The molecule has 0 spiro atoms. The molecule has 0 amide bonds. The van der Waals surface area contributed by atoms with E-state index >= 15 is 0 Å². The third kappa shape index (κ3) is 5.59. The minimum absolute atomic E-state index is 0. The summed E-state index contributed by atoms with van der Waals surface area (Å²) >= 11 is 0. The fraction of sp³-hybridized carbons (Fsp3) is 0. The Kier molecular flexibility index (Phi) is 8.05. The molecule has 5 heterocycles. The summed E-state index contributed by atoms with van der Waals surface area (Å²) in [5.74, 6) is 0. The minimum atomic E-state index is 0. The van der Waals surface area contributed by atoms with Crippen molar-refractivity contribution in [3.8, 4) is 0 Å². The molecule has 0 aliphatic carbocycles. The average Bonchev–Trinajstić information content (AvgIpc) is 3.98. The summed E-state index contributed by atoms with van der Waals surface area (Å²) in [4.78, 5) is 15.4. The predicted molar refractivity (Wildman–Crippen MR) is 194 cm³/mol. The Hall–Kier alpha value is -5.90. The van der Waals surface area contributed by atoms with Crippen LogP contribution < -0.4 is 21.4 Å². The SMILES string of the molecule is [Zn+2].c1ccc(C2=c3ccc([nH]3)=C(c3ccccc3)c3ccc([nH]3)C(c3ccccc3)=c3ccc([nH]3)=C(c3ccccc3)c3ccc2[nH]3)cc1. The third-order valence-electron chi connectivity index (χ3n) is 9.15. The second kappa shape index (κ2) is 13.0. The van der Waals surface area contributed by atoms with E-state index in [0.29, 0.717) is 0 Å². The fourth-order valence-corrected chi connectivity index (χ4v) is 6.99. The quantitative estimate of drug-likeness (QED) is 0.158. The Bertz CT molecular complexity index is 2280. The molecule has 8 aromatic rings. The first-order chi connectivity index (χ1) is 23.8. The first kappa shape index (κ1) is 30.4. The molecule has 4 aromatic heterocycles. The second-order valence-electron chi connectivity index (χ2n) is 12.1. The van der Waals surface area contributed by atoms with Crippen LogP contribution in [0.3, 0.4) is 0 Å². The first-order valence-corrected chi connectivity index (χ1v) is 16.3. The zero-order valence-corrected chi connectivity index (χ0v) is 29.8. The molecule has 1 aliphatic heterocycles. The van der Waals surface area contributed by atoms with Gasteiger partial charge in [-0.1, -0.05) is 121 Å². The normalized spacial score (nSPS) is 12.6. The number of aromatic nitrogens is 4. The summed E-state index contributed by atoms with van der Waals surface area (Å²) in [6.45, 7) is 0. The van der Waals surface area contributed by atoms with Gasteiger partial charge in [-0.2, -0.15) is 0 Å². The summed E-state index contributed by atoms with van der Waals surface area (Å²) < 4.78 is 0. The molecule has 8 bridgehead atoms. The van der Waals surface area contributed by atoms with Crippen molar-refractivity contribution in [2.45, 2.75) is 0 Å². The van der Waals surface area contributed by atoms with Crippen LogP contribution >= 0.6 is 0 Å². The summed E-state index contributed by atoms with van der Waals surface area (Å²) in [6.07, 6.45) is 0. The number of nitrogens with one attached hydrogen (secondary N) is 4. The van der Waals surface area contributed by atoms with E-state index in [1.165, 1.54) is 0 Å². The molecule has 0 saturated heterocycles. The molecule has 4 N–H and O–H groups in total. The summed E-state index contributed by atoms with van der Waals surface area (Å²) in [5.41, 5.74) is 13.1. The van der Waals surface area contributed by atoms with Crippen molar-refractivity contribution in [1.82, 2.24) is 19.9 Å². The molecule has 5 heteroatoms. The molecule has 0 atom stereocenters. The van der Waals surface area contributed by atoms with Crippen LogP contribution in [0, 0.1) is 0 Å². The zero-order valence-electron chi connectivity index (χ0n) is 26.9. The van der Waals surface area contributed by atoms with Crippen LogP contribution in [0.2, 0.25) is 0 Å². The molecule has 228 valence electrons. The Balaban J connectivity index is 0.00000348. The van der Waals surface area contributed by atoms with Crippen molar-refractivity contribution < 1.29 is 19.5 Å². The van der Waals surface area contributed by atoms with E-state index in [0.717, 1.165) is 88.7 Å². The van der Waals surface area contributed by atoms with Gasteiger partial charge in [-0.05, 0) is 70.8 Å². The van der Waals surface area contributed by atoms with E-state index in [2.05, 4.69) is 190 Å². The number of fused-ring (bicyclic) bond motifs is 8. The smallest absolute Gasteiger partial charge is 0.354 e. The predicted octanol–water partition coefficient (Wildman–Crippen LogP) is 6.30. The monoisotopic (exact) mass is 680 g/mol. The zero-order chi connectivity index (χ0) is 31.9. The van der Waals surface area contributed by atoms with Gasteiger partial charge >= 0.3 is 19.5 Å². The Morgan fingerprint density at radius 2 is 0.449 bits per heavy atom. The van der Waals surface area contributed by atoms with Gasteiger partial charge in [0.2, 0.25) is 0 Å². The summed E-state index contributed by atoms with van der Waals surface area (Å²) in [6, 6.07) is 60.0. The van der Waals surface area contributed by atoms with Gasteiger partial charge in [0.05, 0.1) is 0 Å². The van der Waals surface area contributed by atoms with Crippen molar-refractivity contribution in [1.29, 1.82) is 0 Å². The van der Waals surface area contributed by atoms with Crippen molar-refractivity contribution in [2.24, 2.45) is 0 Å². The number of H-pyrrole nitrogens is 4. The van der Waals surface area contributed by atoms with Crippen LogP contribution in [0.25, 0.3) is 22.3 Å². The van der Waals surface area contributed by atoms with Gasteiger partial charge in [-0.3, -0.25) is 0 Å². The molecule has 0 radical (unpaired) electrons. The Morgan fingerprint density at radius 1 is 0.224 bits per heavy atom. The summed E-state index contributed by atoms with van der Waals surface area (Å²) in [5, 5.41) is 4.16. The van der Waals surface area contributed by atoms with Crippen molar-refractivity contribution in [2.75, 3.05) is 0 Å². The van der Waals surface area contributed by atoms with Gasteiger partial charge in [0.1, 0.15) is 0 Å². The largest absolute Gasteiger partial charge is 2.00 e. The van der Waals surface area contributed by atoms with Gasteiger partial charge in [-0.15, -0.1) is 0 Å².